The molecule has 0 saturated heterocycles. The van der Waals surface area contributed by atoms with Gasteiger partial charge >= 0.3 is 0 Å². The highest BCUT2D eigenvalue weighted by Crippen LogP contribution is 2.30. The number of thiazole rings is 1. The average molecular weight is 361 g/mol. The van der Waals surface area contributed by atoms with Crippen molar-refractivity contribution >= 4 is 40.0 Å². The molecule has 0 spiro atoms. The third-order valence-electron chi connectivity index (χ3n) is 3.58. The van der Waals surface area contributed by atoms with Crippen molar-refractivity contribution in [2.24, 2.45) is 0 Å². The fourth-order valence-corrected chi connectivity index (χ4v) is 3.14. The molecule has 0 atom stereocenters. The Labute approximate surface area is 150 Å². The van der Waals surface area contributed by atoms with E-state index in [0.717, 1.165) is 0 Å². The molecule has 0 fully saturated rings. The van der Waals surface area contributed by atoms with Crippen LogP contribution in [0.3, 0.4) is 0 Å². The summed E-state index contributed by atoms with van der Waals surface area (Å²) in [5, 5.41) is 2.07. The summed E-state index contributed by atoms with van der Waals surface area (Å²) >= 11 is 1.21. The number of anilines is 2. The number of aromatic nitrogens is 1. The Kier molecular flexibility index (Phi) is 6.41. The van der Waals surface area contributed by atoms with Crippen LogP contribution in [0.25, 0.3) is 6.08 Å². The van der Waals surface area contributed by atoms with Gasteiger partial charge in [-0.3, -0.25) is 14.5 Å². The van der Waals surface area contributed by atoms with E-state index in [2.05, 4.69) is 4.98 Å². The molecule has 0 bridgehead atoms. The van der Waals surface area contributed by atoms with Crippen LogP contribution in [0.15, 0.2) is 35.7 Å². The van der Waals surface area contributed by atoms with Gasteiger partial charge in [0, 0.05) is 31.5 Å². The Morgan fingerprint density at radius 2 is 1.92 bits per heavy atom. The predicted octanol–water partition coefficient (Wildman–Crippen LogP) is 3.85. The van der Waals surface area contributed by atoms with E-state index in [0.29, 0.717) is 23.9 Å². The SMILES string of the molecule is CCN(CC)C(=O)C=Cc1csc(N(C(C)=O)c2ccccc2F)n1. The standard InChI is InChI=1S/C18H20FN3O2S/c1-4-21(5-2)17(24)11-10-14-12-25-18(20-14)22(13(3)23)16-9-7-6-8-15(16)19/h6-12H,4-5H2,1-3H3. The molecule has 0 radical (unpaired) electrons. The average Bonchev–Trinajstić information content (AvgIpc) is 3.04. The first kappa shape index (κ1) is 18.8. The van der Waals surface area contributed by atoms with Crippen molar-refractivity contribution < 1.29 is 14.0 Å². The third kappa shape index (κ3) is 4.51. The molecule has 0 aliphatic rings. The molecule has 0 aliphatic carbocycles. The Hall–Kier alpha value is -2.54. The number of benzene rings is 1. The van der Waals surface area contributed by atoms with Gasteiger partial charge in [-0.2, -0.15) is 0 Å². The monoisotopic (exact) mass is 361 g/mol. The molecule has 0 N–H and O–H groups in total. The van der Waals surface area contributed by atoms with Crippen LogP contribution in [0.5, 0.6) is 0 Å². The summed E-state index contributed by atoms with van der Waals surface area (Å²) in [4.78, 5) is 31.2. The minimum atomic E-state index is -0.498. The second kappa shape index (κ2) is 8.53. The lowest BCUT2D eigenvalue weighted by Crippen LogP contribution is -2.28. The second-order valence-corrected chi connectivity index (χ2v) is 6.04. The van der Waals surface area contributed by atoms with Gasteiger partial charge in [-0.25, -0.2) is 9.37 Å². The lowest BCUT2D eigenvalue weighted by molar-refractivity contribution is -0.125. The zero-order chi connectivity index (χ0) is 18.4. The number of carbonyl (C=O) groups is 2. The first-order valence-electron chi connectivity index (χ1n) is 7.95. The molecule has 25 heavy (non-hydrogen) atoms. The predicted molar refractivity (Wildman–Crippen MR) is 98.3 cm³/mol. The minimum absolute atomic E-state index is 0.0999. The Morgan fingerprint density at radius 3 is 2.52 bits per heavy atom. The maximum Gasteiger partial charge on any atom is 0.246 e. The number of hydrogen-bond donors (Lipinski definition) is 0. The van der Waals surface area contributed by atoms with E-state index in [-0.39, 0.29) is 17.5 Å². The quantitative estimate of drug-likeness (QED) is 0.735. The van der Waals surface area contributed by atoms with Crippen molar-refractivity contribution in [3.8, 4) is 0 Å². The molecule has 0 aliphatic heterocycles. The van der Waals surface area contributed by atoms with Gasteiger partial charge < -0.3 is 4.90 Å². The Morgan fingerprint density at radius 1 is 1.24 bits per heavy atom. The molecule has 1 aromatic carbocycles. The summed E-state index contributed by atoms with van der Waals surface area (Å²) < 4.78 is 14.0. The van der Waals surface area contributed by atoms with Crippen LogP contribution in [0.2, 0.25) is 0 Å². The van der Waals surface area contributed by atoms with Crippen LogP contribution in [-0.2, 0) is 9.59 Å². The highest BCUT2D eigenvalue weighted by atomic mass is 32.1. The third-order valence-corrected chi connectivity index (χ3v) is 4.43. The van der Waals surface area contributed by atoms with Crippen molar-refractivity contribution in [1.29, 1.82) is 0 Å². The van der Waals surface area contributed by atoms with Gasteiger partial charge in [-0.05, 0) is 32.1 Å². The minimum Gasteiger partial charge on any atom is -0.340 e. The van der Waals surface area contributed by atoms with E-state index < -0.39 is 5.82 Å². The van der Waals surface area contributed by atoms with Gasteiger partial charge in [0.2, 0.25) is 11.8 Å². The van der Waals surface area contributed by atoms with Gasteiger partial charge in [-0.15, -0.1) is 11.3 Å². The summed E-state index contributed by atoms with van der Waals surface area (Å²) in [5.74, 6) is -0.937. The summed E-state index contributed by atoms with van der Waals surface area (Å²) in [7, 11) is 0. The van der Waals surface area contributed by atoms with Crippen LogP contribution in [0, 0.1) is 5.82 Å². The smallest absolute Gasteiger partial charge is 0.246 e. The summed E-state index contributed by atoms with van der Waals surface area (Å²) in [5.41, 5.74) is 0.696. The summed E-state index contributed by atoms with van der Waals surface area (Å²) in [6.45, 7) is 6.44. The maximum atomic E-state index is 14.0. The van der Waals surface area contributed by atoms with Crippen LogP contribution < -0.4 is 4.90 Å². The number of para-hydroxylation sites is 1. The van der Waals surface area contributed by atoms with Gasteiger partial charge in [-0.1, -0.05) is 12.1 Å². The fourth-order valence-electron chi connectivity index (χ4n) is 2.29. The molecule has 0 saturated carbocycles. The Bertz CT molecular complexity index is 784. The fraction of sp³-hybridized carbons (Fsp3) is 0.278. The number of carbonyl (C=O) groups excluding carboxylic acids is 2. The first-order valence-corrected chi connectivity index (χ1v) is 8.83. The highest BCUT2D eigenvalue weighted by molar-refractivity contribution is 7.14. The number of amides is 2. The second-order valence-electron chi connectivity index (χ2n) is 5.20. The van der Waals surface area contributed by atoms with E-state index in [9.17, 15) is 14.0 Å². The highest BCUT2D eigenvalue weighted by Gasteiger charge is 2.20. The van der Waals surface area contributed by atoms with Gasteiger partial charge in [0.25, 0.3) is 0 Å². The largest absolute Gasteiger partial charge is 0.340 e. The lowest BCUT2D eigenvalue weighted by Gasteiger charge is -2.18. The zero-order valence-electron chi connectivity index (χ0n) is 14.4. The summed E-state index contributed by atoms with van der Waals surface area (Å²) in [6.07, 6.45) is 3.05. The van der Waals surface area contributed by atoms with Gasteiger partial charge in [0.15, 0.2) is 5.13 Å². The lowest BCUT2D eigenvalue weighted by atomic mass is 10.3. The molecule has 0 unspecified atom stereocenters. The molecule has 132 valence electrons. The molecule has 1 aromatic heterocycles. The number of hydrogen-bond acceptors (Lipinski definition) is 4. The number of halogens is 1. The molecule has 2 amide bonds. The molecule has 7 heteroatoms. The topological polar surface area (TPSA) is 53.5 Å². The summed E-state index contributed by atoms with van der Waals surface area (Å²) in [6, 6.07) is 6.04. The van der Waals surface area contributed by atoms with E-state index in [1.807, 2.05) is 13.8 Å². The maximum absolute atomic E-state index is 14.0. The van der Waals surface area contributed by atoms with Crippen molar-refractivity contribution in [2.75, 3.05) is 18.0 Å². The van der Waals surface area contributed by atoms with Gasteiger partial charge in [0.1, 0.15) is 5.82 Å². The molecular formula is C18H20FN3O2S. The van der Waals surface area contributed by atoms with Crippen LogP contribution in [-0.4, -0.2) is 34.8 Å². The van der Waals surface area contributed by atoms with Crippen LogP contribution in [0.4, 0.5) is 15.2 Å². The molecular weight excluding hydrogens is 341 g/mol. The van der Waals surface area contributed by atoms with Crippen molar-refractivity contribution in [3.63, 3.8) is 0 Å². The molecule has 5 nitrogen and oxygen atoms in total. The van der Waals surface area contributed by atoms with E-state index in [4.69, 9.17) is 0 Å². The molecule has 2 aromatic rings. The van der Waals surface area contributed by atoms with E-state index in [1.54, 1.807) is 28.5 Å². The Balaban J connectivity index is 2.25. The normalized spacial score (nSPS) is 10.9. The van der Waals surface area contributed by atoms with Crippen molar-refractivity contribution in [1.82, 2.24) is 9.88 Å². The zero-order valence-corrected chi connectivity index (χ0v) is 15.2. The van der Waals surface area contributed by atoms with Crippen molar-refractivity contribution in [2.45, 2.75) is 20.8 Å². The molecule has 2 rings (SSSR count). The van der Waals surface area contributed by atoms with Crippen LogP contribution in [0.1, 0.15) is 26.5 Å². The number of likely N-dealkylation sites (N-methyl/N-ethyl adjacent to an activating group) is 1. The van der Waals surface area contributed by atoms with Crippen molar-refractivity contribution in [3.05, 3.63) is 47.2 Å². The number of rotatable bonds is 6. The van der Waals surface area contributed by atoms with E-state index in [1.165, 1.54) is 41.4 Å². The number of nitrogens with zero attached hydrogens (tertiary/aromatic N) is 3. The first-order chi connectivity index (χ1) is 12.0. The van der Waals surface area contributed by atoms with E-state index >= 15 is 0 Å². The molecule has 1 heterocycles. The van der Waals surface area contributed by atoms with Crippen LogP contribution >= 0.6 is 11.3 Å². The van der Waals surface area contributed by atoms with Gasteiger partial charge in [0.05, 0.1) is 11.4 Å².